The van der Waals surface area contributed by atoms with Crippen LogP contribution < -0.4 is 15.8 Å². The Balaban J connectivity index is 0. The van der Waals surface area contributed by atoms with E-state index in [0.29, 0.717) is 26.0 Å². The summed E-state index contributed by atoms with van der Waals surface area (Å²) in [6.07, 6.45) is 1.19. The van der Waals surface area contributed by atoms with Gasteiger partial charge in [-0.3, -0.25) is 4.79 Å². The largest absolute Gasteiger partial charge is 0.492 e. The molecule has 0 aromatic heterocycles. The highest BCUT2D eigenvalue weighted by molar-refractivity contribution is 5.85. The van der Waals surface area contributed by atoms with E-state index in [2.05, 4.69) is 10.2 Å². The number of nitrogens with zero attached hydrogens (tertiary/aromatic N) is 1. The smallest absolute Gasteiger partial charge is 0.220 e. The van der Waals surface area contributed by atoms with Crippen LogP contribution in [0.1, 0.15) is 25.3 Å². The van der Waals surface area contributed by atoms with Crippen molar-refractivity contribution in [3.63, 3.8) is 0 Å². The normalized spacial score (nSPS) is 11.2. The van der Waals surface area contributed by atoms with Crippen LogP contribution in [0.15, 0.2) is 24.3 Å². The van der Waals surface area contributed by atoms with Gasteiger partial charge in [0.15, 0.2) is 0 Å². The number of rotatable bonds is 9. The summed E-state index contributed by atoms with van der Waals surface area (Å²) in [6, 6.07) is 7.86. The van der Waals surface area contributed by atoms with Gasteiger partial charge in [0.1, 0.15) is 12.4 Å². The second kappa shape index (κ2) is 13.4. The average molecular weight is 366 g/mol. The predicted octanol–water partition coefficient (Wildman–Crippen LogP) is 2.21. The molecule has 0 saturated carbocycles. The Labute approximate surface area is 151 Å². The lowest BCUT2D eigenvalue weighted by Gasteiger charge is -2.11. The van der Waals surface area contributed by atoms with Gasteiger partial charge in [-0.1, -0.05) is 12.1 Å². The zero-order valence-electron chi connectivity index (χ0n) is 14.1. The molecule has 7 heteroatoms. The highest BCUT2D eigenvalue weighted by atomic mass is 35.5. The van der Waals surface area contributed by atoms with E-state index in [1.54, 1.807) is 0 Å². The van der Waals surface area contributed by atoms with E-state index in [1.807, 2.05) is 45.3 Å². The number of nitrogens with two attached hydrogens (primary N) is 1. The van der Waals surface area contributed by atoms with Crippen molar-refractivity contribution in [3.8, 4) is 5.75 Å². The van der Waals surface area contributed by atoms with Crippen LogP contribution in [-0.4, -0.2) is 44.1 Å². The SMILES string of the molecule is CC(N)CCC(=O)NCc1ccc(OCCN(C)C)cc1.Cl.Cl. The Morgan fingerprint density at radius 2 is 1.87 bits per heavy atom. The minimum absolute atomic E-state index is 0. The second-order valence-corrected chi connectivity index (χ2v) is 5.59. The highest BCUT2D eigenvalue weighted by Crippen LogP contribution is 2.12. The number of hydrogen-bond acceptors (Lipinski definition) is 4. The maximum absolute atomic E-state index is 11.6. The average Bonchev–Trinajstić information content (AvgIpc) is 2.44. The molecule has 0 aliphatic heterocycles. The van der Waals surface area contributed by atoms with Crippen LogP contribution >= 0.6 is 24.8 Å². The molecule has 1 amide bonds. The van der Waals surface area contributed by atoms with Gasteiger partial charge in [0, 0.05) is 25.6 Å². The Hall–Kier alpha value is -1.01. The zero-order chi connectivity index (χ0) is 15.7. The summed E-state index contributed by atoms with van der Waals surface area (Å²) in [5.74, 6) is 0.891. The van der Waals surface area contributed by atoms with Crippen molar-refractivity contribution < 1.29 is 9.53 Å². The fourth-order valence-corrected chi connectivity index (χ4v) is 1.70. The van der Waals surface area contributed by atoms with Crippen LogP contribution in [-0.2, 0) is 11.3 Å². The summed E-state index contributed by atoms with van der Waals surface area (Å²) in [5.41, 5.74) is 6.69. The summed E-state index contributed by atoms with van der Waals surface area (Å²) in [7, 11) is 4.03. The lowest BCUT2D eigenvalue weighted by atomic mass is 10.2. The van der Waals surface area contributed by atoms with Gasteiger partial charge in [-0.05, 0) is 45.1 Å². The molecule has 1 aromatic rings. The van der Waals surface area contributed by atoms with Crippen molar-refractivity contribution in [2.75, 3.05) is 27.2 Å². The third-order valence-corrected chi connectivity index (χ3v) is 3.05. The molecular weight excluding hydrogens is 337 g/mol. The fraction of sp³-hybridized carbons (Fsp3) is 0.562. The van der Waals surface area contributed by atoms with E-state index >= 15 is 0 Å². The number of carbonyl (C=O) groups is 1. The number of nitrogens with one attached hydrogen (secondary N) is 1. The molecule has 1 atom stereocenters. The summed E-state index contributed by atoms with van der Waals surface area (Å²) >= 11 is 0. The molecule has 1 rings (SSSR count). The van der Waals surface area contributed by atoms with Crippen molar-refractivity contribution in [1.29, 1.82) is 0 Å². The molecule has 23 heavy (non-hydrogen) atoms. The van der Waals surface area contributed by atoms with Crippen LogP contribution in [0.3, 0.4) is 0 Å². The molecule has 0 fully saturated rings. The summed E-state index contributed by atoms with van der Waals surface area (Å²) < 4.78 is 5.62. The topological polar surface area (TPSA) is 67.6 Å². The van der Waals surface area contributed by atoms with Gasteiger partial charge in [0.05, 0.1) is 0 Å². The van der Waals surface area contributed by atoms with E-state index in [1.165, 1.54) is 0 Å². The molecule has 0 bridgehead atoms. The Morgan fingerprint density at radius 1 is 1.26 bits per heavy atom. The number of halogens is 2. The van der Waals surface area contributed by atoms with E-state index in [-0.39, 0.29) is 36.8 Å². The minimum Gasteiger partial charge on any atom is -0.492 e. The first-order chi connectivity index (χ1) is 9.97. The quantitative estimate of drug-likeness (QED) is 0.703. The van der Waals surface area contributed by atoms with Crippen LogP contribution in [0.25, 0.3) is 0 Å². The minimum atomic E-state index is 0. The molecule has 0 aliphatic rings. The van der Waals surface area contributed by atoms with Crippen LogP contribution in [0.2, 0.25) is 0 Å². The highest BCUT2D eigenvalue weighted by Gasteiger charge is 2.03. The van der Waals surface area contributed by atoms with E-state index < -0.39 is 0 Å². The Morgan fingerprint density at radius 3 is 2.39 bits per heavy atom. The van der Waals surface area contributed by atoms with E-state index in [4.69, 9.17) is 10.5 Å². The predicted molar refractivity (Wildman–Crippen MR) is 99.7 cm³/mol. The van der Waals surface area contributed by atoms with Crippen LogP contribution in [0, 0.1) is 0 Å². The Kier molecular flexibility index (Phi) is 14.2. The maximum atomic E-state index is 11.6. The lowest BCUT2D eigenvalue weighted by Crippen LogP contribution is -2.25. The van der Waals surface area contributed by atoms with Gasteiger partial charge in [0.25, 0.3) is 0 Å². The van der Waals surface area contributed by atoms with Crippen LogP contribution in [0.5, 0.6) is 5.75 Å². The van der Waals surface area contributed by atoms with Crippen molar-refractivity contribution in [2.24, 2.45) is 5.73 Å². The lowest BCUT2D eigenvalue weighted by molar-refractivity contribution is -0.121. The molecule has 134 valence electrons. The molecule has 1 aromatic carbocycles. The fourth-order valence-electron chi connectivity index (χ4n) is 1.70. The Bertz CT molecular complexity index is 426. The number of amides is 1. The van der Waals surface area contributed by atoms with Gasteiger partial charge in [0.2, 0.25) is 5.91 Å². The third-order valence-electron chi connectivity index (χ3n) is 3.05. The maximum Gasteiger partial charge on any atom is 0.220 e. The zero-order valence-corrected chi connectivity index (χ0v) is 15.7. The van der Waals surface area contributed by atoms with E-state index in [9.17, 15) is 4.79 Å². The van der Waals surface area contributed by atoms with Crippen molar-refractivity contribution in [1.82, 2.24) is 10.2 Å². The number of likely N-dealkylation sites (N-methyl/N-ethyl adjacent to an activating group) is 1. The molecular formula is C16H29Cl2N3O2. The summed E-state index contributed by atoms with van der Waals surface area (Å²) in [5, 5.41) is 2.89. The van der Waals surface area contributed by atoms with E-state index in [0.717, 1.165) is 17.9 Å². The molecule has 0 radical (unpaired) electrons. The van der Waals surface area contributed by atoms with Gasteiger partial charge in [-0.25, -0.2) is 0 Å². The van der Waals surface area contributed by atoms with Crippen molar-refractivity contribution in [3.05, 3.63) is 29.8 Å². The first kappa shape index (κ1) is 24.2. The monoisotopic (exact) mass is 365 g/mol. The van der Waals surface area contributed by atoms with Gasteiger partial charge in [-0.15, -0.1) is 24.8 Å². The standard InChI is InChI=1S/C16H27N3O2.2ClH/c1-13(17)4-9-16(20)18-12-14-5-7-15(8-6-14)21-11-10-19(2)3;;/h5-8,13H,4,9-12,17H2,1-3H3,(H,18,20);2*1H. The van der Waals surface area contributed by atoms with Gasteiger partial charge >= 0.3 is 0 Å². The van der Waals surface area contributed by atoms with Crippen molar-refractivity contribution >= 4 is 30.7 Å². The summed E-state index contributed by atoms with van der Waals surface area (Å²) in [4.78, 5) is 13.7. The van der Waals surface area contributed by atoms with Crippen molar-refractivity contribution in [2.45, 2.75) is 32.4 Å². The molecule has 0 saturated heterocycles. The molecule has 0 spiro atoms. The molecule has 1 unspecified atom stereocenters. The van der Waals surface area contributed by atoms with Gasteiger partial charge in [-0.2, -0.15) is 0 Å². The molecule has 0 aliphatic carbocycles. The van der Waals surface area contributed by atoms with Crippen LogP contribution in [0.4, 0.5) is 0 Å². The first-order valence-electron chi connectivity index (χ1n) is 7.36. The second-order valence-electron chi connectivity index (χ2n) is 5.59. The molecule has 5 nitrogen and oxygen atoms in total. The number of hydrogen-bond donors (Lipinski definition) is 2. The van der Waals surface area contributed by atoms with Gasteiger partial charge < -0.3 is 20.7 Å². The molecule has 3 N–H and O–H groups in total. The molecule has 0 heterocycles. The number of ether oxygens (including phenoxy) is 1. The third kappa shape index (κ3) is 12.1. The number of benzene rings is 1. The number of carbonyl (C=O) groups excluding carboxylic acids is 1. The summed E-state index contributed by atoms with van der Waals surface area (Å²) in [6.45, 7) is 4.00. The first-order valence-corrected chi connectivity index (χ1v) is 7.36.